The molecule has 1 heterocycles. The lowest BCUT2D eigenvalue weighted by molar-refractivity contribution is -0.385. The van der Waals surface area contributed by atoms with Gasteiger partial charge in [0.25, 0.3) is 0 Å². The summed E-state index contributed by atoms with van der Waals surface area (Å²) >= 11 is 0. The molecule has 2 aromatic carbocycles. The number of aryl methyl sites for hydroxylation is 1. The molecule has 5 nitrogen and oxygen atoms in total. The van der Waals surface area contributed by atoms with Gasteiger partial charge in [-0.05, 0) is 12.5 Å². The Hall–Kier alpha value is -2.56. The van der Waals surface area contributed by atoms with Crippen molar-refractivity contribution < 1.29 is 9.66 Å². The lowest BCUT2D eigenvalue weighted by Crippen LogP contribution is -1.99. The molecule has 198 valence electrons. The van der Waals surface area contributed by atoms with E-state index in [0.717, 1.165) is 34.8 Å². The second kappa shape index (κ2) is 15.5. The lowest BCUT2D eigenvalue weighted by Gasteiger charge is -2.09. The molecule has 0 radical (unpaired) electrons. The fourth-order valence-corrected chi connectivity index (χ4v) is 5.43. The zero-order valence-electron chi connectivity index (χ0n) is 22.6. The molecule has 0 unspecified atom stereocenters. The van der Waals surface area contributed by atoms with Crippen molar-refractivity contribution in [3.8, 4) is 5.75 Å². The zero-order chi connectivity index (χ0) is 25.6. The van der Waals surface area contributed by atoms with Crippen LogP contribution in [0.4, 0.5) is 5.69 Å². The third-order valence-electron chi connectivity index (χ3n) is 7.50. The number of unbranched alkanes of at least 4 members (excludes halogenated alkanes) is 15. The molecule has 36 heavy (non-hydrogen) atoms. The number of nitrogens with zero attached hydrogens (tertiary/aromatic N) is 2. The van der Waals surface area contributed by atoms with Crippen LogP contribution in [-0.4, -0.2) is 16.6 Å². The Morgan fingerprint density at radius 1 is 0.722 bits per heavy atom. The van der Waals surface area contributed by atoms with E-state index in [1.165, 1.54) is 103 Å². The van der Waals surface area contributed by atoms with Crippen LogP contribution in [0, 0.1) is 10.1 Å². The van der Waals surface area contributed by atoms with Gasteiger partial charge in [0.2, 0.25) is 0 Å². The monoisotopic (exact) mass is 494 g/mol. The molecule has 0 aliphatic carbocycles. The summed E-state index contributed by atoms with van der Waals surface area (Å²) in [6.07, 6.45) is 21.8. The molecule has 3 aromatic rings. The molecule has 5 heteroatoms. The smallest absolute Gasteiger partial charge is 0.311 e. The molecule has 0 amide bonds. The standard InChI is InChI=1S/C31H46N2O3/c1-3-4-5-6-7-8-9-10-11-12-13-14-15-16-17-20-23-32-28-22-19-18-21-26(28)27-24-30(33(34)35)31(36-2)25-29(27)32/h18-19,21-22,24-25H,3-17,20,23H2,1-2H3. The Bertz CT molecular complexity index is 1070. The van der Waals surface area contributed by atoms with E-state index >= 15 is 0 Å². The van der Waals surface area contributed by atoms with Gasteiger partial charge in [-0.1, -0.05) is 121 Å². The third kappa shape index (κ3) is 7.97. The topological polar surface area (TPSA) is 57.3 Å². The number of benzene rings is 2. The molecular weight excluding hydrogens is 448 g/mol. The number of rotatable bonds is 19. The third-order valence-corrected chi connectivity index (χ3v) is 7.50. The highest BCUT2D eigenvalue weighted by Crippen LogP contribution is 2.37. The maximum Gasteiger partial charge on any atom is 0.311 e. The predicted molar refractivity (Wildman–Crippen MR) is 152 cm³/mol. The van der Waals surface area contributed by atoms with E-state index in [-0.39, 0.29) is 10.6 Å². The molecule has 0 N–H and O–H groups in total. The highest BCUT2D eigenvalue weighted by Gasteiger charge is 2.20. The second-order valence-corrected chi connectivity index (χ2v) is 10.3. The number of para-hydroxylation sites is 1. The number of ether oxygens (including phenoxy) is 1. The first-order valence-corrected chi connectivity index (χ1v) is 14.4. The number of hydrogen-bond acceptors (Lipinski definition) is 3. The van der Waals surface area contributed by atoms with Crippen molar-refractivity contribution in [1.29, 1.82) is 0 Å². The van der Waals surface area contributed by atoms with Crippen LogP contribution in [0.1, 0.15) is 110 Å². The van der Waals surface area contributed by atoms with Gasteiger partial charge in [-0.25, -0.2) is 0 Å². The lowest BCUT2D eigenvalue weighted by atomic mass is 10.0. The number of aromatic nitrogens is 1. The Balaban J connectivity index is 1.37. The fraction of sp³-hybridized carbons (Fsp3) is 0.613. The fourth-order valence-electron chi connectivity index (χ4n) is 5.43. The number of methoxy groups -OCH3 is 1. The highest BCUT2D eigenvalue weighted by molar-refractivity contribution is 6.09. The largest absolute Gasteiger partial charge is 0.490 e. The SMILES string of the molecule is CCCCCCCCCCCCCCCCCCn1c2ccccc2c2cc([N+](=O)[O-])c(OC)cc21. The van der Waals surface area contributed by atoms with Gasteiger partial charge in [-0.2, -0.15) is 0 Å². The van der Waals surface area contributed by atoms with Crippen LogP contribution in [0.3, 0.4) is 0 Å². The molecule has 0 aliphatic heterocycles. The van der Waals surface area contributed by atoms with E-state index in [1.807, 2.05) is 18.2 Å². The number of nitro benzene ring substituents is 1. The first-order chi connectivity index (χ1) is 17.7. The molecule has 3 rings (SSSR count). The normalized spacial score (nSPS) is 11.5. The van der Waals surface area contributed by atoms with Gasteiger partial charge in [0.05, 0.1) is 17.5 Å². The number of hydrogen-bond donors (Lipinski definition) is 0. The van der Waals surface area contributed by atoms with Gasteiger partial charge in [-0.3, -0.25) is 10.1 Å². The molecule has 0 bridgehead atoms. The molecule has 0 aliphatic rings. The molecule has 0 fully saturated rings. The quantitative estimate of drug-likeness (QED) is 0.0946. The number of nitro groups is 1. The Morgan fingerprint density at radius 2 is 1.25 bits per heavy atom. The summed E-state index contributed by atoms with van der Waals surface area (Å²) in [4.78, 5) is 11.2. The maximum atomic E-state index is 11.5. The minimum atomic E-state index is -0.361. The van der Waals surface area contributed by atoms with E-state index in [2.05, 4.69) is 23.6 Å². The van der Waals surface area contributed by atoms with Gasteiger partial charge >= 0.3 is 5.69 Å². The van der Waals surface area contributed by atoms with Gasteiger partial charge in [0.1, 0.15) is 0 Å². The molecule has 0 saturated heterocycles. The van der Waals surface area contributed by atoms with E-state index in [9.17, 15) is 10.1 Å². The van der Waals surface area contributed by atoms with Crippen LogP contribution in [0.5, 0.6) is 5.75 Å². The van der Waals surface area contributed by atoms with Crippen LogP contribution in [0.15, 0.2) is 36.4 Å². The van der Waals surface area contributed by atoms with Crippen LogP contribution in [0.2, 0.25) is 0 Å². The summed E-state index contributed by atoms with van der Waals surface area (Å²) in [5, 5.41) is 13.5. The van der Waals surface area contributed by atoms with Crippen LogP contribution >= 0.6 is 0 Å². The van der Waals surface area contributed by atoms with Crippen LogP contribution < -0.4 is 4.74 Å². The van der Waals surface area contributed by atoms with E-state index in [4.69, 9.17) is 4.74 Å². The van der Waals surface area contributed by atoms with Gasteiger partial charge in [-0.15, -0.1) is 0 Å². The first kappa shape index (κ1) is 28.0. The average Bonchev–Trinajstić information content (AvgIpc) is 3.20. The van der Waals surface area contributed by atoms with Gasteiger partial charge in [0.15, 0.2) is 5.75 Å². The molecule has 0 spiro atoms. The van der Waals surface area contributed by atoms with E-state index in [0.29, 0.717) is 5.75 Å². The van der Waals surface area contributed by atoms with Crippen LogP contribution in [-0.2, 0) is 6.54 Å². The minimum absolute atomic E-state index is 0.0234. The van der Waals surface area contributed by atoms with Gasteiger partial charge in [0, 0.05) is 35.0 Å². The molecule has 0 saturated carbocycles. The Morgan fingerprint density at radius 3 is 1.78 bits per heavy atom. The van der Waals surface area contributed by atoms with E-state index in [1.54, 1.807) is 6.07 Å². The summed E-state index contributed by atoms with van der Waals surface area (Å²) < 4.78 is 7.65. The van der Waals surface area contributed by atoms with E-state index < -0.39 is 0 Å². The maximum absolute atomic E-state index is 11.5. The Labute approximate surface area is 217 Å². The van der Waals surface area contributed by atoms with Crippen molar-refractivity contribution >= 4 is 27.5 Å². The van der Waals surface area contributed by atoms with Crippen molar-refractivity contribution in [2.45, 2.75) is 116 Å². The first-order valence-electron chi connectivity index (χ1n) is 14.4. The van der Waals surface area contributed by atoms with Crippen molar-refractivity contribution in [2.24, 2.45) is 0 Å². The summed E-state index contributed by atoms with van der Waals surface area (Å²) in [6, 6.07) is 11.7. The number of fused-ring (bicyclic) bond motifs is 3. The minimum Gasteiger partial charge on any atom is -0.490 e. The zero-order valence-corrected chi connectivity index (χ0v) is 22.6. The van der Waals surface area contributed by atoms with Gasteiger partial charge < -0.3 is 9.30 Å². The summed E-state index contributed by atoms with van der Waals surface area (Å²) in [7, 11) is 1.50. The summed E-state index contributed by atoms with van der Waals surface area (Å²) in [6.45, 7) is 3.20. The van der Waals surface area contributed by atoms with Crippen molar-refractivity contribution in [1.82, 2.24) is 4.57 Å². The second-order valence-electron chi connectivity index (χ2n) is 10.3. The summed E-state index contributed by atoms with van der Waals surface area (Å²) in [5.41, 5.74) is 2.17. The average molecular weight is 495 g/mol. The predicted octanol–water partition coefficient (Wildman–Crippen LogP) is 9.97. The van der Waals surface area contributed by atoms with Crippen LogP contribution in [0.25, 0.3) is 21.8 Å². The van der Waals surface area contributed by atoms with Crippen molar-refractivity contribution in [3.63, 3.8) is 0 Å². The highest BCUT2D eigenvalue weighted by atomic mass is 16.6. The summed E-state index contributed by atoms with van der Waals surface area (Å²) in [5.74, 6) is 0.323. The molecule has 0 atom stereocenters. The van der Waals surface area contributed by atoms with Crippen molar-refractivity contribution in [3.05, 3.63) is 46.5 Å². The molecular formula is C31H46N2O3. The Kier molecular flexibility index (Phi) is 12.1. The molecule has 1 aromatic heterocycles. The van der Waals surface area contributed by atoms with Crippen molar-refractivity contribution in [2.75, 3.05) is 7.11 Å².